The van der Waals surface area contributed by atoms with Gasteiger partial charge in [0.2, 0.25) is 0 Å². The first-order valence-electron chi connectivity index (χ1n) is 7.41. The third-order valence-electron chi connectivity index (χ3n) is 4.20. The zero-order chi connectivity index (χ0) is 14.6. The normalized spacial score (nSPS) is 20.4. The van der Waals surface area contributed by atoms with E-state index in [1.807, 2.05) is 12.1 Å². The predicted octanol–water partition coefficient (Wildman–Crippen LogP) is 4.73. The molecule has 1 fully saturated rings. The summed E-state index contributed by atoms with van der Waals surface area (Å²) in [6.45, 7) is 2.66. The average molecular weight is 316 g/mol. The van der Waals surface area contributed by atoms with Crippen LogP contribution < -0.4 is 5.32 Å². The fourth-order valence-corrected chi connectivity index (χ4v) is 3.32. The fourth-order valence-electron chi connectivity index (χ4n) is 2.86. The fraction of sp³-hybridized carbons (Fsp3) is 0.625. The Morgan fingerprint density at radius 3 is 2.50 bits per heavy atom. The average Bonchev–Trinajstić information content (AvgIpc) is 2.64. The van der Waals surface area contributed by atoms with Crippen LogP contribution in [-0.2, 0) is 0 Å². The lowest BCUT2D eigenvalue weighted by atomic mass is 9.94. The molecule has 0 aliphatic heterocycles. The van der Waals surface area contributed by atoms with Gasteiger partial charge in [-0.2, -0.15) is 0 Å². The van der Waals surface area contributed by atoms with E-state index in [1.165, 1.54) is 12.8 Å². The molecule has 0 spiro atoms. The molecule has 1 atom stereocenters. The second kappa shape index (κ2) is 7.13. The lowest BCUT2D eigenvalue weighted by Crippen LogP contribution is -2.41. The Morgan fingerprint density at radius 1 is 1.20 bits per heavy atom. The van der Waals surface area contributed by atoms with Gasteiger partial charge in [-0.3, -0.25) is 0 Å². The Balaban J connectivity index is 1.97. The first-order valence-corrected chi connectivity index (χ1v) is 8.16. The molecule has 1 unspecified atom stereocenters. The van der Waals surface area contributed by atoms with Crippen molar-refractivity contribution in [3.63, 3.8) is 0 Å². The van der Waals surface area contributed by atoms with E-state index in [9.17, 15) is 5.11 Å². The molecule has 0 saturated heterocycles. The zero-order valence-corrected chi connectivity index (χ0v) is 13.5. The van der Waals surface area contributed by atoms with E-state index in [4.69, 9.17) is 23.2 Å². The minimum Gasteiger partial charge on any atom is -0.389 e. The highest BCUT2D eigenvalue weighted by molar-refractivity contribution is 6.33. The van der Waals surface area contributed by atoms with Crippen LogP contribution in [0.4, 0.5) is 0 Å². The third kappa shape index (κ3) is 4.36. The summed E-state index contributed by atoms with van der Waals surface area (Å²) in [5.74, 6) is 0. The first kappa shape index (κ1) is 16.1. The lowest BCUT2D eigenvalue weighted by Gasteiger charge is -2.29. The minimum atomic E-state index is -0.574. The standard InChI is InChI=1S/C16H23Cl2NO/c1-12(14-10-13(17)6-7-15(14)18)19-11-16(20)8-4-2-3-5-9-16/h6-7,10,12,19-20H,2-5,8-9,11H2,1H3. The molecule has 112 valence electrons. The van der Waals surface area contributed by atoms with Gasteiger partial charge in [0.15, 0.2) is 0 Å². The van der Waals surface area contributed by atoms with E-state index in [2.05, 4.69) is 12.2 Å². The van der Waals surface area contributed by atoms with E-state index >= 15 is 0 Å². The molecule has 0 aromatic heterocycles. The Morgan fingerprint density at radius 2 is 1.85 bits per heavy atom. The van der Waals surface area contributed by atoms with Gasteiger partial charge in [-0.05, 0) is 43.5 Å². The molecule has 1 aromatic carbocycles. The second-order valence-corrected chi connectivity index (χ2v) is 6.75. The van der Waals surface area contributed by atoms with Gasteiger partial charge < -0.3 is 10.4 Å². The number of rotatable bonds is 4. The summed E-state index contributed by atoms with van der Waals surface area (Å²) < 4.78 is 0. The second-order valence-electron chi connectivity index (χ2n) is 5.91. The van der Waals surface area contributed by atoms with Gasteiger partial charge in [0.1, 0.15) is 0 Å². The monoisotopic (exact) mass is 315 g/mol. The van der Waals surface area contributed by atoms with E-state index in [0.29, 0.717) is 16.6 Å². The van der Waals surface area contributed by atoms with Crippen molar-refractivity contribution in [1.29, 1.82) is 0 Å². The highest BCUT2D eigenvalue weighted by Crippen LogP contribution is 2.29. The van der Waals surface area contributed by atoms with Crippen LogP contribution in [-0.4, -0.2) is 17.3 Å². The zero-order valence-electron chi connectivity index (χ0n) is 12.0. The maximum absolute atomic E-state index is 10.6. The molecule has 1 aliphatic rings. The molecule has 0 radical (unpaired) electrons. The van der Waals surface area contributed by atoms with Crippen molar-refractivity contribution >= 4 is 23.2 Å². The molecule has 2 nitrogen and oxygen atoms in total. The molecule has 0 heterocycles. The van der Waals surface area contributed by atoms with Crippen LogP contribution in [0.5, 0.6) is 0 Å². The Bertz CT molecular complexity index is 442. The number of halogens is 2. The van der Waals surface area contributed by atoms with Crippen molar-refractivity contribution in [3.8, 4) is 0 Å². The summed E-state index contributed by atoms with van der Waals surface area (Å²) in [6.07, 6.45) is 6.47. The molecule has 4 heteroatoms. The van der Waals surface area contributed by atoms with E-state index < -0.39 is 5.60 Å². The molecule has 20 heavy (non-hydrogen) atoms. The molecule has 1 aromatic rings. The SMILES string of the molecule is CC(NCC1(O)CCCCCC1)c1cc(Cl)ccc1Cl. The first-order chi connectivity index (χ1) is 9.50. The number of benzene rings is 1. The van der Waals surface area contributed by atoms with Crippen LogP contribution in [0, 0.1) is 0 Å². The summed E-state index contributed by atoms with van der Waals surface area (Å²) in [5.41, 5.74) is 0.409. The number of nitrogens with one attached hydrogen (secondary N) is 1. The Hall–Kier alpha value is -0.280. The van der Waals surface area contributed by atoms with Crippen LogP contribution in [0.25, 0.3) is 0 Å². The smallest absolute Gasteiger partial charge is 0.0771 e. The summed E-state index contributed by atoms with van der Waals surface area (Å²) in [5, 5.41) is 15.5. The van der Waals surface area contributed by atoms with E-state index in [0.717, 1.165) is 31.2 Å². The molecule has 0 amide bonds. The Labute approximate surface area is 131 Å². The highest BCUT2D eigenvalue weighted by Gasteiger charge is 2.28. The van der Waals surface area contributed by atoms with Crippen molar-refractivity contribution in [3.05, 3.63) is 33.8 Å². The van der Waals surface area contributed by atoms with Crippen molar-refractivity contribution in [2.75, 3.05) is 6.54 Å². The van der Waals surface area contributed by atoms with E-state index in [1.54, 1.807) is 6.07 Å². The largest absolute Gasteiger partial charge is 0.389 e. The molecule has 1 saturated carbocycles. The quantitative estimate of drug-likeness (QED) is 0.787. The van der Waals surface area contributed by atoms with Crippen LogP contribution in [0.2, 0.25) is 10.0 Å². The van der Waals surface area contributed by atoms with Gasteiger partial charge in [0.25, 0.3) is 0 Å². The van der Waals surface area contributed by atoms with Gasteiger partial charge >= 0.3 is 0 Å². The summed E-state index contributed by atoms with van der Waals surface area (Å²) in [4.78, 5) is 0. The van der Waals surface area contributed by atoms with Crippen molar-refractivity contribution in [2.45, 2.75) is 57.1 Å². The molecule has 0 bridgehead atoms. The van der Waals surface area contributed by atoms with Crippen LogP contribution in [0.1, 0.15) is 57.1 Å². The lowest BCUT2D eigenvalue weighted by molar-refractivity contribution is 0.0231. The van der Waals surface area contributed by atoms with Crippen LogP contribution >= 0.6 is 23.2 Å². The van der Waals surface area contributed by atoms with Crippen molar-refractivity contribution in [1.82, 2.24) is 5.32 Å². The number of aliphatic hydroxyl groups is 1. The predicted molar refractivity (Wildman–Crippen MR) is 85.5 cm³/mol. The molecule has 2 rings (SSSR count). The highest BCUT2D eigenvalue weighted by atomic mass is 35.5. The maximum atomic E-state index is 10.6. The summed E-state index contributed by atoms with van der Waals surface area (Å²) in [7, 11) is 0. The van der Waals surface area contributed by atoms with Gasteiger partial charge in [-0.25, -0.2) is 0 Å². The van der Waals surface area contributed by atoms with Gasteiger partial charge in [0.05, 0.1) is 5.60 Å². The van der Waals surface area contributed by atoms with E-state index in [-0.39, 0.29) is 6.04 Å². The van der Waals surface area contributed by atoms with Crippen LogP contribution in [0.15, 0.2) is 18.2 Å². The van der Waals surface area contributed by atoms with Crippen molar-refractivity contribution < 1.29 is 5.11 Å². The molecular formula is C16H23Cl2NO. The molecular weight excluding hydrogens is 293 g/mol. The van der Waals surface area contributed by atoms with Crippen molar-refractivity contribution in [2.24, 2.45) is 0 Å². The third-order valence-corrected chi connectivity index (χ3v) is 4.78. The number of hydrogen-bond donors (Lipinski definition) is 2. The topological polar surface area (TPSA) is 32.3 Å². The molecule has 2 N–H and O–H groups in total. The summed E-state index contributed by atoms with van der Waals surface area (Å²) in [6, 6.07) is 5.57. The maximum Gasteiger partial charge on any atom is 0.0771 e. The Kier molecular flexibility index (Phi) is 5.74. The minimum absolute atomic E-state index is 0.0773. The van der Waals surface area contributed by atoms with Crippen LogP contribution in [0.3, 0.4) is 0 Å². The van der Waals surface area contributed by atoms with Gasteiger partial charge in [-0.1, -0.05) is 48.9 Å². The molecule has 1 aliphatic carbocycles. The number of hydrogen-bond acceptors (Lipinski definition) is 2. The van der Waals surface area contributed by atoms with Gasteiger partial charge in [-0.15, -0.1) is 0 Å². The van der Waals surface area contributed by atoms with Gasteiger partial charge in [0, 0.05) is 22.6 Å². The summed E-state index contributed by atoms with van der Waals surface area (Å²) >= 11 is 12.2.